The van der Waals surface area contributed by atoms with Crippen molar-refractivity contribution < 1.29 is 58.7 Å². The molecule has 312 valence electrons. The van der Waals surface area contributed by atoms with Crippen LogP contribution in [0, 0.1) is 29.6 Å². The lowest BCUT2D eigenvalue weighted by molar-refractivity contribution is -0.339. The lowest BCUT2D eigenvalue weighted by Crippen LogP contribution is -2.59. The summed E-state index contributed by atoms with van der Waals surface area (Å²) in [4.78, 5) is 13.8. The molecule has 0 amide bonds. The lowest BCUT2D eigenvalue weighted by atomic mass is 9.77. The van der Waals surface area contributed by atoms with Gasteiger partial charge in [0.15, 0.2) is 12.1 Å². The summed E-state index contributed by atoms with van der Waals surface area (Å²) in [5, 5.41) is 56.1. The van der Waals surface area contributed by atoms with Crippen molar-refractivity contribution in [3.05, 3.63) is 71.6 Å². The number of hydrogen-bond donors (Lipinski definition) is 5. The minimum Gasteiger partial charge on any atom is -0.490 e. The minimum absolute atomic E-state index is 0.0349. The zero-order chi connectivity index (χ0) is 41.2. The standard InChI is InChI=1S/C43H68O12/c1-12-13-14-17-33-28(6)36(53-37-22-32(44)40(47)31(9)52-37)23-43(49,55-33)30(8)39(46)29(7)41-34(50-10)18-15-16-24(2)19-26(4)38(45)27(5)20-25(3)21-35(51-11)42(48)54-41/h12-18,20-21,26-34,36-41,44-47,49H,19,22-23H2,1-11H3/b13-12+,17-14+,18-15+,24-16+,25-20+,35-21-/t26-,27+,28+,29-,30-,31-,32-,33+,34-,36+,37+,38-,39+,40-,41+,43+/m0/s1. The summed E-state index contributed by atoms with van der Waals surface area (Å²) < 4.78 is 36.1. The second-order valence-electron chi connectivity index (χ2n) is 15.9. The Labute approximate surface area is 328 Å². The monoisotopic (exact) mass is 776 g/mol. The van der Waals surface area contributed by atoms with Crippen LogP contribution in [0.5, 0.6) is 0 Å². The number of rotatable bonds is 10. The summed E-state index contributed by atoms with van der Waals surface area (Å²) in [6.45, 7) is 16.6. The van der Waals surface area contributed by atoms with Crippen LogP contribution >= 0.6 is 0 Å². The molecule has 0 aromatic rings. The zero-order valence-electron chi connectivity index (χ0n) is 34.6. The van der Waals surface area contributed by atoms with Crippen molar-refractivity contribution in [2.24, 2.45) is 29.6 Å². The molecule has 2 fully saturated rings. The van der Waals surface area contributed by atoms with E-state index in [4.69, 9.17) is 28.4 Å². The molecule has 5 N–H and O–H groups in total. The number of methoxy groups -OCH3 is 2. The van der Waals surface area contributed by atoms with E-state index in [1.54, 1.807) is 32.9 Å². The van der Waals surface area contributed by atoms with Gasteiger partial charge in [-0.2, -0.15) is 0 Å². The van der Waals surface area contributed by atoms with Gasteiger partial charge in [0, 0.05) is 43.6 Å². The largest absolute Gasteiger partial charge is 0.490 e. The molecule has 0 aliphatic carbocycles. The van der Waals surface area contributed by atoms with Crippen LogP contribution in [0.25, 0.3) is 0 Å². The average Bonchev–Trinajstić information content (AvgIpc) is 3.13. The molecule has 0 radical (unpaired) electrons. The van der Waals surface area contributed by atoms with E-state index < -0.39 is 84.8 Å². The summed E-state index contributed by atoms with van der Waals surface area (Å²) in [5.74, 6) is -5.04. The van der Waals surface area contributed by atoms with E-state index in [-0.39, 0.29) is 36.4 Å². The summed E-state index contributed by atoms with van der Waals surface area (Å²) >= 11 is 0. The Balaban J connectivity index is 2.00. The number of hydrogen-bond acceptors (Lipinski definition) is 12. The van der Waals surface area contributed by atoms with Gasteiger partial charge in [0.2, 0.25) is 5.76 Å². The Bertz CT molecular complexity index is 1410. The highest BCUT2D eigenvalue weighted by Crippen LogP contribution is 2.42. The Morgan fingerprint density at radius 3 is 2.35 bits per heavy atom. The van der Waals surface area contributed by atoms with Gasteiger partial charge in [0.25, 0.3) is 0 Å². The fourth-order valence-electron chi connectivity index (χ4n) is 7.76. The number of aliphatic hydroxyl groups is 5. The van der Waals surface area contributed by atoms with Crippen molar-refractivity contribution >= 4 is 5.97 Å². The maximum absolute atomic E-state index is 13.8. The zero-order valence-corrected chi connectivity index (χ0v) is 34.6. The molecule has 3 rings (SSSR count). The Morgan fingerprint density at radius 1 is 1.04 bits per heavy atom. The van der Waals surface area contributed by atoms with E-state index in [2.05, 4.69) is 0 Å². The molecule has 2 saturated heterocycles. The highest BCUT2D eigenvalue weighted by atomic mass is 16.7. The molecule has 16 atom stereocenters. The molecular formula is C43H68O12. The number of ether oxygens (including phenoxy) is 6. The SMILES string of the molecule is C/C=C/C=C/[C@H]1O[C@@](O)([C@@H](C)[C@H](O)[C@H](C)[C@H]2OC(=O)/C(OC)=C/C(C)=C/[C@@H](C)[C@@H](O)[C@@H](C)C/C(C)=C/C=C/[C@@H]2OC)C[C@@H](O[C@@H]2C[C@H](O)[C@@H](O)[C@H](C)O2)[C@@H]1C. The number of cyclic esters (lactones) is 1. The van der Waals surface area contributed by atoms with Crippen LogP contribution in [0.2, 0.25) is 0 Å². The first-order valence-electron chi connectivity index (χ1n) is 19.6. The summed E-state index contributed by atoms with van der Waals surface area (Å²) in [5.41, 5.74) is 1.74. The highest BCUT2D eigenvalue weighted by molar-refractivity contribution is 5.87. The second-order valence-corrected chi connectivity index (χ2v) is 15.9. The predicted octanol–water partition coefficient (Wildman–Crippen LogP) is 5.05. The van der Waals surface area contributed by atoms with Gasteiger partial charge in [0.1, 0.15) is 18.3 Å². The smallest absolute Gasteiger partial charge is 0.373 e. The van der Waals surface area contributed by atoms with Crippen molar-refractivity contribution in [3.8, 4) is 0 Å². The van der Waals surface area contributed by atoms with Crippen molar-refractivity contribution in [2.45, 2.75) is 149 Å². The maximum Gasteiger partial charge on any atom is 0.373 e. The first-order valence-corrected chi connectivity index (χ1v) is 19.6. The van der Waals surface area contributed by atoms with Crippen molar-refractivity contribution in [3.63, 3.8) is 0 Å². The van der Waals surface area contributed by atoms with Crippen molar-refractivity contribution in [1.29, 1.82) is 0 Å². The molecular weight excluding hydrogens is 708 g/mol. The first kappa shape index (κ1) is 46.7. The molecule has 0 spiro atoms. The van der Waals surface area contributed by atoms with Crippen LogP contribution in [-0.2, 0) is 33.2 Å². The van der Waals surface area contributed by atoms with Gasteiger partial charge in [-0.05, 0) is 46.1 Å². The minimum atomic E-state index is -1.92. The molecule has 3 aliphatic heterocycles. The van der Waals surface area contributed by atoms with Gasteiger partial charge in [-0.25, -0.2) is 4.79 Å². The van der Waals surface area contributed by atoms with E-state index in [9.17, 15) is 30.3 Å². The molecule has 12 nitrogen and oxygen atoms in total. The molecule has 0 aromatic carbocycles. The summed E-state index contributed by atoms with van der Waals surface area (Å²) in [6, 6.07) is 0. The molecule has 0 bridgehead atoms. The van der Waals surface area contributed by atoms with E-state index >= 15 is 0 Å². The van der Waals surface area contributed by atoms with Gasteiger partial charge >= 0.3 is 5.97 Å². The molecule has 0 saturated carbocycles. The predicted molar refractivity (Wildman–Crippen MR) is 209 cm³/mol. The third kappa shape index (κ3) is 12.4. The summed E-state index contributed by atoms with van der Waals surface area (Å²) in [6.07, 6.45) is 8.29. The average molecular weight is 777 g/mol. The van der Waals surface area contributed by atoms with Crippen molar-refractivity contribution in [2.75, 3.05) is 14.2 Å². The van der Waals surface area contributed by atoms with Crippen LogP contribution < -0.4 is 0 Å². The van der Waals surface area contributed by atoms with Crippen LogP contribution in [0.3, 0.4) is 0 Å². The number of carbonyl (C=O) groups is 1. The topological polar surface area (TPSA) is 174 Å². The van der Waals surface area contributed by atoms with E-state index in [0.29, 0.717) is 12.0 Å². The maximum atomic E-state index is 13.8. The van der Waals surface area contributed by atoms with E-state index in [1.165, 1.54) is 14.2 Å². The third-order valence-electron chi connectivity index (χ3n) is 11.4. The fourth-order valence-corrected chi connectivity index (χ4v) is 7.76. The van der Waals surface area contributed by atoms with Gasteiger partial charge in [-0.1, -0.05) is 94.4 Å². The number of aliphatic hydroxyl groups excluding tert-OH is 4. The molecule has 0 unspecified atom stereocenters. The molecule has 3 heterocycles. The summed E-state index contributed by atoms with van der Waals surface area (Å²) in [7, 11) is 2.86. The van der Waals surface area contributed by atoms with Gasteiger partial charge in [-0.15, -0.1) is 0 Å². The first-order chi connectivity index (χ1) is 25.9. The fraction of sp³-hybridized carbons (Fsp3) is 0.698. The van der Waals surface area contributed by atoms with E-state index in [1.807, 2.05) is 84.1 Å². The highest BCUT2D eigenvalue weighted by Gasteiger charge is 2.52. The van der Waals surface area contributed by atoms with Gasteiger partial charge in [0.05, 0.1) is 43.7 Å². The number of carbonyl (C=O) groups excluding carboxylic acids is 1. The Kier molecular flexibility index (Phi) is 18.0. The quantitative estimate of drug-likeness (QED) is 0.148. The molecule has 0 aromatic heterocycles. The second kappa shape index (κ2) is 21.2. The van der Waals surface area contributed by atoms with Crippen LogP contribution in [0.4, 0.5) is 0 Å². The van der Waals surface area contributed by atoms with Crippen LogP contribution in [0.1, 0.15) is 81.6 Å². The molecule has 12 heteroatoms. The molecule has 55 heavy (non-hydrogen) atoms. The third-order valence-corrected chi connectivity index (χ3v) is 11.4. The number of esters is 1. The van der Waals surface area contributed by atoms with Crippen molar-refractivity contribution in [1.82, 2.24) is 0 Å². The molecule has 3 aliphatic rings. The van der Waals surface area contributed by atoms with Gasteiger partial charge < -0.3 is 54.0 Å². The Hall–Kier alpha value is -2.65. The van der Waals surface area contributed by atoms with Crippen LogP contribution in [-0.4, -0.2) is 113 Å². The van der Waals surface area contributed by atoms with Gasteiger partial charge in [-0.3, -0.25) is 0 Å². The Morgan fingerprint density at radius 2 is 1.73 bits per heavy atom. The van der Waals surface area contributed by atoms with E-state index in [0.717, 1.165) is 5.57 Å². The number of allylic oxidation sites excluding steroid dienone is 8. The normalized spacial score (nSPS) is 42.6. The van der Waals surface area contributed by atoms with Crippen LogP contribution in [0.15, 0.2) is 71.6 Å². The lowest BCUT2D eigenvalue weighted by Gasteiger charge is -2.49.